The van der Waals surface area contributed by atoms with Crippen molar-refractivity contribution >= 4 is 70.7 Å². The molecule has 8 aromatic carbocycles. The van der Waals surface area contributed by atoms with Crippen LogP contribution < -0.4 is 0 Å². The van der Waals surface area contributed by atoms with E-state index in [0.29, 0.717) is 0 Å². The Labute approximate surface area is 247 Å². The van der Waals surface area contributed by atoms with E-state index in [1.165, 1.54) is 76.2 Å². The lowest BCUT2D eigenvalue weighted by Crippen LogP contribution is -1.91. The molecule has 0 spiro atoms. The van der Waals surface area contributed by atoms with Gasteiger partial charge in [0.05, 0.1) is 16.6 Å². The molecule has 2 heteroatoms. The van der Waals surface area contributed by atoms with E-state index in [1.807, 2.05) is 0 Å². The molecule has 0 saturated heterocycles. The van der Waals surface area contributed by atoms with Gasteiger partial charge in [0, 0.05) is 10.8 Å². The first kappa shape index (κ1) is 22.9. The van der Waals surface area contributed by atoms with Crippen molar-refractivity contribution < 1.29 is 0 Å². The monoisotopic (exact) mass is 544 g/mol. The SMILES string of the molecule is c1cc2ccc3ccc(-c4ccc(-c5ccc6c(c5)nc5c7ccccc7c7ccccc7n65)cc4)c4ccc(c1)c2c34. The standard InChI is InChI=1S/C41H24N2/c1-2-10-35-32(8-1)33-9-3-4-11-37(33)43-38-23-20-30(24-36(38)42-41(35)43)25-12-14-26(15-13-25)31-21-18-29-17-16-27-6-5-7-28-19-22-34(31)40(29)39(27)28/h1-24H. The van der Waals surface area contributed by atoms with Gasteiger partial charge in [-0.05, 0) is 78.2 Å². The third-order valence-electron chi connectivity index (χ3n) is 9.32. The van der Waals surface area contributed by atoms with Crippen LogP contribution in [0.4, 0.5) is 0 Å². The van der Waals surface area contributed by atoms with E-state index in [1.54, 1.807) is 0 Å². The molecular weight excluding hydrogens is 520 g/mol. The van der Waals surface area contributed by atoms with Gasteiger partial charge in [0.15, 0.2) is 0 Å². The minimum absolute atomic E-state index is 1.01. The number of imidazole rings is 1. The Morgan fingerprint density at radius 2 is 1.05 bits per heavy atom. The molecule has 2 nitrogen and oxygen atoms in total. The van der Waals surface area contributed by atoms with Crippen molar-refractivity contribution in [1.29, 1.82) is 0 Å². The first-order chi connectivity index (χ1) is 21.3. The Kier molecular flexibility index (Phi) is 4.48. The number of para-hydroxylation sites is 1. The summed E-state index contributed by atoms with van der Waals surface area (Å²) in [5.74, 6) is 0. The van der Waals surface area contributed by atoms with Crippen LogP contribution in [0.2, 0.25) is 0 Å². The van der Waals surface area contributed by atoms with Gasteiger partial charge in [-0.3, -0.25) is 4.40 Å². The lowest BCUT2D eigenvalue weighted by Gasteiger charge is -2.14. The molecule has 0 bridgehead atoms. The summed E-state index contributed by atoms with van der Waals surface area (Å²) in [6, 6.07) is 53.1. The Balaban J connectivity index is 1.12. The fourth-order valence-electron chi connectivity index (χ4n) is 7.32. The summed E-state index contributed by atoms with van der Waals surface area (Å²) in [6.07, 6.45) is 0. The normalized spacial score (nSPS) is 12.2. The minimum atomic E-state index is 1.01. The molecule has 0 aliphatic heterocycles. The molecule has 43 heavy (non-hydrogen) atoms. The molecule has 2 heterocycles. The Morgan fingerprint density at radius 1 is 0.395 bits per heavy atom. The molecule has 198 valence electrons. The average Bonchev–Trinajstić information content (AvgIpc) is 3.47. The van der Waals surface area contributed by atoms with Crippen LogP contribution in [0.3, 0.4) is 0 Å². The maximum Gasteiger partial charge on any atom is 0.146 e. The maximum atomic E-state index is 5.18. The zero-order valence-electron chi connectivity index (χ0n) is 23.3. The van der Waals surface area contributed by atoms with Crippen LogP contribution >= 0.6 is 0 Å². The molecule has 10 rings (SSSR count). The second-order valence-corrected chi connectivity index (χ2v) is 11.6. The predicted octanol–water partition coefficient (Wildman–Crippen LogP) is 11.0. The smallest absolute Gasteiger partial charge is 0.146 e. The summed E-state index contributed by atoms with van der Waals surface area (Å²) in [5, 5.41) is 11.6. The predicted molar refractivity (Wildman–Crippen MR) is 182 cm³/mol. The van der Waals surface area contributed by atoms with E-state index < -0.39 is 0 Å². The third-order valence-corrected chi connectivity index (χ3v) is 9.32. The van der Waals surface area contributed by atoms with Gasteiger partial charge in [-0.15, -0.1) is 0 Å². The number of fused-ring (bicyclic) bond motifs is 8. The first-order valence-corrected chi connectivity index (χ1v) is 14.8. The Morgan fingerprint density at radius 3 is 1.88 bits per heavy atom. The van der Waals surface area contributed by atoms with Gasteiger partial charge >= 0.3 is 0 Å². The van der Waals surface area contributed by atoms with Crippen molar-refractivity contribution in [3.05, 3.63) is 146 Å². The topological polar surface area (TPSA) is 17.3 Å². The van der Waals surface area contributed by atoms with Gasteiger partial charge < -0.3 is 0 Å². The molecule has 10 aromatic rings. The third kappa shape index (κ3) is 3.15. The lowest BCUT2D eigenvalue weighted by molar-refractivity contribution is 1.31. The van der Waals surface area contributed by atoms with Crippen LogP contribution in [0.15, 0.2) is 146 Å². The second kappa shape index (κ2) is 8.40. The molecule has 0 fully saturated rings. The average molecular weight is 545 g/mol. The van der Waals surface area contributed by atoms with Crippen molar-refractivity contribution in [3.8, 4) is 22.3 Å². The summed E-state index contributed by atoms with van der Waals surface area (Å²) >= 11 is 0. The van der Waals surface area contributed by atoms with Crippen LogP contribution in [0.1, 0.15) is 0 Å². The number of benzene rings is 8. The van der Waals surface area contributed by atoms with Gasteiger partial charge in [-0.25, -0.2) is 4.98 Å². The highest BCUT2D eigenvalue weighted by molar-refractivity contribution is 6.25. The van der Waals surface area contributed by atoms with Crippen LogP contribution in [-0.2, 0) is 0 Å². The molecule has 0 radical (unpaired) electrons. The Hall–Kier alpha value is -5.73. The molecule has 0 unspecified atom stereocenters. The molecule has 0 atom stereocenters. The maximum absolute atomic E-state index is 5.18. The fraction of sp³-hybridized carbons (Fsp3) is 0. The summed E-state index contributed by atoms with van der Waals surface area (Å²) in [7, 11) is 0. The van der Waals surface area contributed by atoms with E-state index >= 15 is 0 Å². The molecule has 0 aliphatic carbocycles. The van der Waals surface area contributed by atoms with Crippen molar-refractivity contribution in [2.75, 3.05) is 0 Å². The number of nitrogens with zero attached hydrogens (tertiary/aromatic N) is 2. The van der Waals surface area contributed by atoms with Crippen LogP contribution in [0.5, 0.6) is 0 Å². The molecule has 0 amide bonds. The van der Waals surface area contributed by atoms with Gasteiger partial charge in [0.2, 0.25) is 0 Å². The molecule has 0 N–H and O–H groups in total. The summed E-state index contributed by atoms with van der Waals surface area (Å²) < 4.78 is 2.31. The van der Waals surface area contributed by atoms with Gasteiger partial charge in [0.1, 0.15) is 5.65 Å². The number of pyridine rings is 1. The first-order valence-electron chi connectivity index (χ1n) is 14.8. The van der Waals surface area contributed by atoms with E-state index in [-0.39, 0.29) is 0 Å². The van der Waals surface area contributed by atoms with Crippen molar-refractivity contribution in [3.63, 3.8) is 0 Å². The van der Waals surface area contributed by atoms with Crippen molar-refractivity contribution in [2.45, 2.75) is 0 Å². The molecule has 0 saturated carbocycles. The number of hydrogen-bond donors (Lipinski definition) is 0. The fourth-order valence-corrected chi connectivity index (χ4v) is 7.32. The summed E-state index contributed by atoms with van der Waals surface area (Å²) in [4.78, 5) is 5.18. The Bertz CT molecular complexity index is 2700. The summed E-state index contributed by atoms with van der Waals surface area (Å²) in [5.41, 5.74) is 9.19. The van der Waals surface area contributed by atoms with E-state index in [4.69, 9.17) is 4.98 Å². The minimum Gasteiger partial charge on any atom is -0.292 e. The number of aromatic nitrogens is 2. The number of rotatable bonds is 2. The summed E-state index contributed by atoms with van der Waals surface area (Å²) in [6.45, 7) is 0. The van der Waals surface area contributed by atoms with Gasteiger partial charge in [-0.1, -0.05) is 127 Å². The molecule has 0 aliphatic rings. The van der Waals surface area contributed by atoms with Crippen molar-refractivity contribution in [1.82, 2.24) is 9.38 Å². The van der Waals surface area contributed by atoms with Crippen LogP contribution in [0.25, 0.3) is 92.9 Å². The van der Waals surface area contributed by atoms with E-state index in [9.17, 15) is 0 Å². The zero-order chi connectivity index (χ0) is 28.1. The number of hydrogen-bond acceptors (Lipinski definition) is 1. The molecular formula is C41H24N2. The van der Waals surface area contributed by atoms with E-state index in [2.05, 4.69) is 150 Å². The second-order valence-electron chi connectivity index (χ2n) is 11.6. The van der Waals surface area contributed by atoms with Crippen molar-refractivity contribution in [2.24, 2.45) is 0 Å². The van der Waals surface area contributed by atoms with Crippen LogP contribution in [-0.4, -0.2) is 9.38 Å². The highest BCUT2D eigenvalue weighted by Gasteiger charge is 2.15. The van der Waals surface area contributed by atoms with Crippen LogP contribution in [0, 0.1) is 0 Å². The molecule has 2 aromatic heterocycles. The van der Waals surface area contributed by atoms with E-state index in [0.717, 1.165) is 16.7 Å². The van der Waals surface area contributed by atoms with Gasteiger partial charge in [0.25, 0.3) is 0 Å². The zero-order valence-corrected chi connectivity index (χ0v) is 23.3. The highest BCUT2D eigenvalue weighted by atomic mass is 15.0. The van der Waals surface area contributed by atoms with Gasteiger partial charge in [-0.2, -0.15) is 0 Å². The quantitative estimate of drug-likeness (QED) is 0.198. The lowest BCUT2D eigenvalue weighted by atomic mass is 9.89. The highest BCUT2D eigenvalue weighted by Crippen LogP contribution is 2.40. The largest absolute Gasteiger partial charge is 0.292 e.